The molecule has 0 bridgehead atoms. The van der Waals surface area contributed by atoms with Gasteiger partial charge in [0.25, 0.3) is 0 Å². The summed E-state index contributed by atoms with van der Waals surface area (Å²) in [5.74, 6) is 0. The predicted octanol–water partition coefficient (Wildman–Crippen LogP) is 1.04. The van der Waals surface area contributed by atoms with Crippen LogP contribution in [0.15, 0.2) is 0 Å². The molecule has 1 aliphatic heterocycles. The molecule has 0 aromatic rings. The van der Waals surface area contributed by atoms with Gasteiger partial charge in [-0.3, -0.25) is 0 Å². The molecule has 4 nitrogen and oxygen atoms in total. The fourth-order valence-corrected chi connectivity index (χ4v) is 1.65. The molecule has 0 aromatic carbocycles. The van der Waals surface area contributed by atoms with E-state index in [1.54, 1.807) is 0 Å². The first kappa shape index (κ1) is 14.6. The van der Waals surface area contributed by atoms with Crippen LogP contribution in [0, 0.1) is 0 Å². The minimum absolute atomic E-state index is 0.0964. The first-order chi connectivity index (χ1) is 7.96. The summed E-state index contributed by atoms with van der Waals surface area (Å²) in [5, 5.41) is 0. The Balaban J connectivity index is 2.73. The third kappa shape index (κ3) is 2.87. The van der Waals surface area contributed by atoms with Gasteiger partial charge in [0.1, 0.15) is 0 Å². The van der Waals surface area contributed by atoms with Crippen molar-refractivity contribution in [1.82, 2.24) is 9.80 Å². The molecule has 1 aliphatic rings. The average molecular weight is 260 g/mol. The third-order valence-electron chi connectivity index (χ3n) is 2.59. The smallest absolute Gasteiger partial charge is 0.374 e. The topological polar surface area (TPSA) is 24.9 Å². The highest BCUT2D eigenvalue weighted by Gasteiger charge is 2.60. The molecule has 0 N–H and O–H groups in total. The molecular formula is C9H16F4N2O2. The van der Waals surface area contributed by atoms with E-state index >= 15 is 0 Å². The first-order valence-electron chi connectivity index (χ1n) is 5.14. The van der Waals surface area contributed by atoms with Crippen molar-refractivity contribution >= 4 is 0 Å². The average Bonchev–Trinajstić information content (AvgIpc) is 2.43. The molecule has 2 atom stereocenters. The lowest BCUT2D eigenvalue weighted by Crippen LogP contribution is -2.49. The largest absolute Gasteiger partial charge is 0.383 e. The number of rotatable bonds is 6. The van der Waals surface area contributed by atoms with Gasteiger partial charge >= 0.3 is 6.17 Å². The summed E-state index contributed by atoms with van der Waals surface area (Å²) in [5.41, 5.74) is 0. The van der Waals surface area contributed by atoms with Crippen molar-refractivity contribution in [1.29, 1.82) is 0 Å². The molecule has 0 aliphatic carbocycles. The van der Waals surface area contributed by atoms with Crippen LogP contribution in [-0.4, -0.2) is 69.1 Å². The van der Waals surface area contributed by atoms with Gasteiger partial charge < -0.3 is 9.47 Å². The van der Waals surface area contributed by atoms with E-state index in [0.717, 1.165) is 0 Å². The zero-order chi connectivity index (χ0) is 13.1. The molecule has 1 rings (SSSR count). The molecule has 0 spiro atoms. The maximum Gasteiger partial charge on any atom is 0.374 e. The van der Waals surface area contributed by atoms with E-state index in [2.05, 4.69) is 9.47 Å². The van der Waals surface area contributed by atoms with Crippen molar-refractivity contribution in [3.8, 4) is 0 Å². The number of nitrogens with zero attached hydrogens (tertiary/aromatic N) is 2. The Morgan fingerprint density at radius 3 is 1.59 bits per heavy atom. The SMILES string of the molecule is COCCN1C(F)C(F)N(CCOC)C1(F)F. The van der Waals surface area contributed by atoms with Crippen molar-refractivity contribution in [2.24, 2.45) is 0 Å². The Labute approximate surface area is 97.1 Å². The maximum atomic E-state index is 13.7. The maximum absolute atomic E-state index is 13.7. The number of methoxy groups -OCH3 is 2. The van der Waals surface area contributed by atoms with E-state index in [1.807, 2.05) is 0 Å². The second-order valence-corrected chi connectivity index (χ2v) is 3.63. The molecule has 102 valence electrons. The Morgan fingerprint density at radius 1 is 0.941 bits per heavy atom. The van der Waals surface area contributed by atoms with Gasteiger partial charge in [-0.05, 0) is 0 Å². The standard InChI is InChI=1S/C9H16F4N2O2/c1-16-5-3-14-7(10)8(11)15(4-6-17-2)9(14,12)13/h7-8H,3-6H2,1-2H3. The first-order valence-corrected chi connectivity index (χ1v) is 5.14. The highest BCUT2D eigenvalue weighted by molar-refractivity contribution is 4.88. The third-order valence-corrected chi connectivity index (χ3v) is 2.59. The molecule has 0 radical (unpaired) electrons. The number of halogens is 4. The van der Waals surface area contributed by atoms with Crippen molar-refractivity contribution in [2.75, 3.05) is 40.5 Å². The van der Waals surface area contributed by atoms with Crippen LogP contribution in [0.5, 0.6) is 0 Å². The molecule has 0 saturated carbocycles. The molecule has 1 saturated heterocycles. The normalized spacial score (nSPS) is 30.0. The molecule has 8 heteroatoms. The van der Waals surface area contributed by atoms with Crippen molar-refractivity contribution in [3.05, 3.63) is 0 Å². The van der Waals surface area contributed by atoms with E-state index in [-0.39, 0.29) is 36.1 Å². The molecule has 2 unspecified atom stereocenters. The van der Waals surface area contributed by atoms with E-state index in [9.17, 15) is 17.6 Å². The number of hydrogen-bond acceptors (Lipinski definition) is 4. The quantitative estimate of drug-likeness (QED) is 0.526. The van der Waals surface area contributed by atoms with Crippen LogP contribution >= 0.6 is 0 Å². The van der Waals surface area contributed by atoms with Crippen LogP contribution in [0.25, 0.3) is 0 Å². The van der Waals surface area contributed by atoms with Crippen LogP contribution in [0.4, 0.5) is 17.6 Å². The van der Waals surface area contributed by atoms with Crippen LogP contribution in [0.3, 0.4) is 0 Å². The summed E-state index contributed by atoms with van der Waals surface area (Å²) < 4.78 is 63.4. The van der Waals surface area contributed by atoms with Crippen LogP contribution in [-0.2, 0) is 9.47 Å². The van der Waals surface area contributed by atoms with Gasteiger partial charge in [-0.15, -0.1) is 0 Å². The lowest BCUT2D eigenvalue weighted by molar-refractivity contribution is -0.231. The zero-order valence-electron chi connectivity index (χ0n) is 9.71. The predicted molar refractivity (Wildman–Crippen MR) is 51.9 cm³/mol. The summed E-state index contributed by atoms with van der Waals surface area (Å²) >= 11 is 0. The minimum atomic E-state index is -3.67. The van der Waals surface area contributed by atoms with Gasteiger partial charge in [0, 0.05) is 27.3 Å². The number of hydrogen-bond donors (Lipinski definition) is 0. The van der Waals surface area contributed by atoms with Gasteiger partial charge in [-0.25, -0.2) is 8.78 Å². The lowest BCUT2D eigenvalue weighted by atomic mass is 10.5. The summed E-state index contributed by atoms with van der Waals surface area (Å²) in [4.78, 5) is 0.299. The van der Waals surface area contributed by atoms with E-state index in [1.165, 1.54) is 14.2 Å². The van der Waals surface area contributed by atoms with E-state index in [0.29, 0.717) is 0 Å². The Kier molecular flexibility index (Phi) is 5.11. The summed E-state index contributed by atoms with van der Waals surface area (Å²) in [7, 11) is 2.61. The number of ether oxygens (including phenoxy) is 2. The fourth-order valence-electron chi connectivity index (χ4n) is 1.65. The van der Waals surface area contributed by atoms with Gasteiger partial charge in [0.15, 0.2) is 0 Å². The van der Waals surface area contributed by atoms with Crippen LogP contribution in [0.1, 0.15) is 0 Å². The molecule has 1 fully saturated rings. The zero-order valence-corrected chi connectivity index (χ0v) is 9.71. The van der Waals surface area contributed by atoms with Crippen molar-refractivity contribution in [3.63, 3.8) is 0 Å². The van der Waals surface area contributed by atoms with Crippen LogP contribution in [0.2, 0.25) is 0 Å². The highest BCUT2D eigenvalue weighted by atomic mass is 19.3. The van der Waals surface area contributed by atoms with Gasteiger partial charge in [-0.1, -0.05) is 0 Å². The Morgan fingerprint density at radius 2 is 1.29 bits per heavy atom. The van der Waals surface area contributed by atoms with Crippen molar-refractivity contribution in [2.45, 2.75) is 18.8 Å². The number of alkyl halides is 4. The fraction of sp³-hybridized carbons (Fsp3) is 1.00. The Hall–Kier alpha value is -0.440. The summed E-state index contributed by atoms with van der Waals surface area (Å²) in [6.07, 6.45) is -8.40. The van der Waals surface area contributed by atoms with Crippen LogP contribution < -0.4 is 0 Å². The molecular weight excluding hydrogens is 244 g/mol. The molecule has 0 amide bonds. The van der Waals surface area contributed by atoms with E-state index in [4.69, 9.17) is 0 Å². The molecule has 17 heavy (non-hydrogen) atoms. The minimum Gasteiger partial charge on any atom is -0.383 e. The second kappa shape index (κ2) is 5.94. The van der Waals surface area contributed by atoms with Gasteiger partial charge in [-0.2, -0.15) is 18.6 Å². The lowest BCUT2D eigenvalue weighted by Gasteiger charge is -2.28. The summed E-state index contributed by atoms with van der Waals surface area (Å²) in [6, 6.07) is 0. The van der Waals surface area contributed by atoms with E-state index < -0.39 is 18.8 Å². The second-order valence-electron chi connectivity index (χ2n) is 3.63. The molecule has 1 heterocycles. The summed E-state index contributed by atoms with van der Waals surface area (Å²) in [6.45, 7) is -0.954. The van der Waals surface area contributed by atoms with Gasteiger partial charge in [0.2, 0.25) is 12.6 Å². The van der Waals surface area contributed by atoms with Gasteiger partial charge in [0.05, 0.1) is 13.2 Å². The Bertz CT molecular complexity index is 223. The highest BCUT2D eigenvalue weighted by Crippen LogP contribution is 2.38. The molecule has 0 aromatic heterocycles. The van der Waals surface area contributed by atoms with Crippen molar-refractivity contribution < 1.29 is 27.0 Å². The monoisotopic (exact) mass is 260 g/mol.